The third-order valence-electron chi connectivity index (χ3n) is 4.07. The lowest BCUT2D eigenvalue weighted by atomic mass is 10.0. The summed E-state index contributed by atoms with van der Waals surface area (Å²) >= 11 is 0. The third kappa shape index (κ3) is 2.85. The molecule has 4 nitrogen and oxygen atoms in total. The van der Waals surface area contributed by atoms with Crippen LogP contribution in [0, 0.1) is 0 Å². The Hall–Kier alpha value is -1.26. The van der Waals surface area contributed by atoms with Gasteiger partial charge in [0.25, 0.3) is 0 Å². The van der Waals surface area contributed by atoms with Crippen LogP contribution in [0.25, 0.3) is 0 Å². The van der Waals surface area contributed by atoms with Gasteiger partial charge in [-0.15, -0.1) is 0 Å². The van der Waals surface area contributed by atoms with Gasteiger partial charge in [-0.1, -0.05) is 0 Å². The van der Waals surface area contributed by atoms with Gasteiger partial charge in [0.2, 0.25) is 0 Å². The maximum Gasteiger partial charge on any atom is 0.122 e. The van der Waals surface area contributed by atoms with Crippen molar-refractivity contribution in [2.45, 2.75) is 24.8 Å². The van der Waals surface area contributed by atoms with Gasteiger partial charge in [-0.05, 0) is 43.0 Å². The highest BCUT2D eigenvalue weighted by molar-refractivity contribution is 5.54. The van der Waals surface area contributed by atoms with Gasteiger partial charge in [0, 0.05) is 24.3 Å². The first-order chi connectivity index (χ1) is 9.20. The highest BCUT2D eigenvalue weighted by atomic mass is 16.5. The van der Waals surface area contributed by atoms with Crippen LogP contribution in [0.5, 0.6) is 5.75 Å². The fourth-order valence-corrected chi connectivity index (χ4v) is 2.64. The molecule has 1 aliphatic carbocycles. The molecule has 0 bridgehead atoms. The van der Waals surface area contributed by atoms with Crippen molar-refractivity contribution in [3.05, 3.63) is 23.8 Å². The van der Waals surface area contributed by atoms with Crippen LogP contribution in [-0.4, -0.2) is 39.0 Å². The summed E-state index contributed by atoms with van der Waals surface area (Å²) in [4.78, 5) is 2.36. The zero-order valence-corrected chi connectivity index (χ0v) is 11.5. The molecule has 4 heteroatoms. The summed E-state index contributed by atoms with van der Waals surface area (Å²) in [6, 6.07) is 6.42. The van der Waals surface area contributed by atoms with Gasteiger partial charge in [0.05, 0.1) is 20.3 Å². The van der Waals surface area contributed by atoms with E-state index in [0.29, 0.717) is 0 Å². The summed E-state index contributed by atoms with van der Waals surface area (Å²) in [5.41, 5.74) is 8.73. The van der Waals surface area contributed by atoms with E-state index in [2.05, 4.69) is 23.1 Å². The number of morpholine rings is 1. The van der Waals surface area contributed by atoms with E-state index in [1.54, 1.807) is 7.11 Å². The molecule has 1 heterocycles. The lowest BCUT2D eigenvalue weighted by Crippen LogP contribution is -2.36. The molecule has 0 aromatic heterocycles. The topological polar surface area (TPSA) is 47.7 Å². The van der Waals surface area contributed by atoms with Gasteiger partial charge in [-0.3, -0.25) is 0 Å². The predicted octanol–water partition coefficient (Wildman–Crippen LogP) is 1.57. The zero-order chi connectivity index (χ0) is 13.3. The Labute approximate surface area is 114 Å². The van der Waals surface area contributed by atoms with Gasteiger partial charge in [-0.2, -0.15) is 0 Å². The number of ether oxygens (including phenoxy) is 2. The molecule has 1 saturated heterocycles. The van der Waals surface area contributed by atoms with E-state index in [1.807, 2.05) is 0 Å². The second-order valence-corrected chi connectivity index (χ2v) is 5.63. The van der Waals surface area contributed by atoms with Crippen LogP contribution in [0.1, 0.15) is 18.4 Å². The number of hydrogen-bond acceptors (Lipinski definition) is 4. The molecule has 0 amide bonds. The molecule has 0 spiro atoms. The Morgan fingerprint density at radius 3 is 2.68 bits per heavy atom. The van der Waals surface area contributed by atoms with Crippen LogP contribution in [0.15, 0.2) is 18.2 Å². The normalized spacial score (nSPS) is 21.3. The summed E-state index contributed by atoms with van der Waals surface area (Å²) in [6.07, 6.45) is 3.16. The highest BCUT2D eigenvalue weighted by Crippen LogP contribution is 2.38. The molecule has 19 heavy (non-hydrogen) atoms. The number of nitrogens with two attached hydrogens (primary N) is 1. The molecular formula is C15H22N2O2. The summed E-state index contributed by atoms with van der Waals surface area (Å²) < 4.78 is 10.9. The fraction of sp³-hybridized carbons (Fsp3) is 0.600. The quantitative estimate of drug-likeness (QED) is 0.894. The summed E-state index contributed by atoms with van der Waals surface area (Å²) in [7, 11) is 1.73. The molecule has 3 rings (SSSR count). The average Bonchev–Trinajstić information content (AvgIpc) is 3.17. The zero-order valence-electron chi connectivity index (χ0n) is 11.5. The van der Waals surface area contributed by atoms with Crippen LogP contribution >= 0.6 is 0 Å². The van der Waals surface area contributed by atoms with Crippen LogP contribution in [0.3, 0.4) is 0 Å². The average molecular weight is 262 g/mol. The van der Waals surface area contributed by atoms with E-state index < -0.39 is 0 Å². The summed E-state index contributed by atoms with van der Waals surface area (Å²) in [6.45, 7) is 3.53. The van der Waals surface area contributed by atoms with Crippen LogP contribution in [-0.2, 0) is 11.2 Å². The summed E-state index contributed by atoms with van der Waals surface area (Å²) in [5, 5.41) is 0. The van der Waals surface area contributed by atoms with Gasteiger partial charge in [-0.25, -0.2) is 0 Å². The van der Waals surface area contributed by atoms with Crippen molar-refractivity contribution in [3.63, 3.8) is 0 Å². The minimum atomic E-state index is 0.0108. The number of benzene rings is 1. The first kappa shape index (κ1) is 12.8. The van der Waals surface area contributed by atoms with E-state index in [1.165, 1.54) is 11.3 Å². The Balaban J connectivity index is 1.83. The molecule has 2 fully saturated rings. The SMILES string of the molecule is COc1ccc(N2CCOCC2)cc1CC1(N)CC1. The minimum Gasteiger partial charge on any atom is -0.496 e. The Morgan fingerprint density at radius 1 is 1.32 bits per heavy atom. The van der Waals surface area contributed by atoms with Crippen molar-refractivity contribution in [2.75, 3.05) is 38.3 Å². The molecule has 2 aliphatic rings. The number of methoxy groups -OCH3 is 1. The van der Waals surface area contributed by atoms with Crippen LogP contribution in [0.4, 0.5) is 5.69 Å². The van der Waals surface area contributed by atoms with Crippen LogP contribution in [0.2, 0.25) is 0 Å². The maximum atomic E-state index is 6.24. The molecular weight excluding hydrogens is 240 g/mol. The smallest absolute Gasteiger partial charge is 0.122 e. The van der Waals surface area contributed by atoms with Gasteiger partial charge >= 0.3 is 0 Å². The van der Waals surface area contributed by atoms with Gasteiger partial charge < -0.3 is 20.1 Å². The Bertz CT molecular complexity index is 451. The molecule has 0 radical (unpaired) electrons. The van der Waals surface area contributed by atoms with Gasteiger partial charge in [0.1, 0.15) is 5.75 Å². The molecule has 1 aromatic carbocycles. The summed E-state index contributed by atoms with van der Waals surface area (Å²) in [5.74, 6) is 0.953. The highest BCUT2D eigenvalue weighted by Gasteiger charge is 2.38. The van der Waals surface area contributed by atoms with Crippen molar-refractivity contribution >= 4 is 5.69 Å². The van der Waals surface area contributed by atoms with E-state index in [0.717, 1.165) is 51.3 Å². The van der Waals surface area contributed by atoms with Crippen molar-refractivity contribution in [3.8, 4) is 5.75 Å². The molecule has 2 N–H and O–H groups in total. The Kier molecular flexibility index (Phi) is 3.37. The first-order valence-electron chi connectivity index (χ1n) is 6.99. The van der Waals surface area contributed by atoms with Crippen molar-refractivity contribution in [1.29, 1.82) is 0 Å². The molecule has 1 aliphatic heterocycles. The van der Waals surface area contributed by atoms with E-state index in [4.69, 9.17) is 15.2 Å². The molecule has 1 saturated carbocycles. The molecule has 0 atom stereocenters. The maximum absolute atomic E-state index is 6.24. The molecule has 0 unspecified atom stereocenters. The lowest BCUT2D eigenvalue weighted by Gasteiger charge is -2.29. The van der Waals surface area contributed by atoms with Crippen molar-refractivity contribution in [2.24, 2.45) is 5.73 Å². The monoisotopic (exact) mass is 262 g/mol. The minimum absolute atomic E-state index is 0.0108. The number of nitrogens with zero attached hydrogens (tertiary/aromatic N) is 1. The number of anilines is 1. The Morgan fingerprint density at radius 2 is 2.05 bits per heavy atom. The van der Waals surface area contributed by atoms with E-state index >= 15 is 0 Å². The second-order valence-electron chi connectivity index (χ2n) is 5.63. The number of rotatable bonds is 4. The van der Waals surface area contributed by atoms with E-state index in [9.17, 15) is 0 Å². The van der Waals surface area contributed by atoms with Crippen molar-refractivity contribution < 1.29 is 9.47 Å². The molecule has 104 valence electrons. The standard InChI is InChI=1S/C15H22N2O2/c1-18-14-3-2-13(17-6-8-19-9-7-17)10-12(14)11-15(16)4-5-15/h2-3,10H,4-9,11,16H2,1H3. The van der Waals surface area contributed by atoms with E-state index in [-0.39, 0.29) is 5.54 Å². The third-order valence-corrected chi connectivity index (χ3v) is 4.07. The van der Waals surface area contributed by atoms with Gasteiger partial charge in [0.15, 0.2) is 0 Å². The first-order valence-corrected chi connectivity index (χ1v) is 6.99. The van der Waals surface area contributed by atoms with Crippen LogP contribution < -0.4 is 15.4 Å². The number of hydrogen-bond donors (Lipinski definition) is 1. The fourth-order valence-electron chi connectivity index (χ4n) is 2.64. The predicted molar refractivity (Wildman–Crippen MR) is 75.9 cm³/mol. The lowest BCUT2D eigenvalue weighted by molar-refractivity contribution is 0.122. The second kappa shape index (κ2) is 5.02. The van der Waals surface area contributed by atoms with Crippen molar-refractivity contribution in [1.82, 2.24) is 0 Å². The largest absolute Gasteiger partial charge is 0.496 e. The molecule has 1 aromatic rings.